The number of nitrogens with zero attached hydrogens (tertiary/aromatic N) is 1. The van der Waals surface area contributed by atoms with Gasteiger partial charge in [-0.3, -0.25) is 0 Å². The van der Waals surface area contributed by atoms with Crippen molar-refractivity contribution in [3.05, 3.63) is 26.6 Å². The number of carboxylic acid groups (broad SMARTS) is 1. The van der Waals surface area contributed by atoms with E-state index in [1.54, 1.807) is 11.0 Å². The van der Waals surface area contributed by atoms with Crippen LogP contribution < -0.4 is 5.32 Å². The summed E-state index contributed by atoms with van der Waals surface area (Å²) in [5, 5.41) is 12.0. The molecule has 0 spiro atoms. The van der Waals surface area contributed by atoms with Crippen molar-refractivity contribution < 1.29 is 14.7 Å². The fourth-order valence-corrected chi connectivity index (χ4v) is 3.67. The zero-order valence-corrected chi connectivity index (χ0v) is 14.9. The number of hydrogen-bond donors (Lipinski definition) is 2. The molecule has 0 aliphatic carbocycles. The number of benzene rings is 1. The van der Waals surface area contributed by atoms with Gasteiger partial charge in [0.2, 0.25) is 0 Å². The highest BCUT2D eigenvalue weighted by atomic mass is 79.9. The van der Waals surface area contributed by atoms with Crippen molar-refractivity contribution in [3.63, 3.8) is 0 Å². The maximum absolute atomic E-state index is 12.3. The molecule has 2 amide bonds. The Bertz CT molecular complexity index is 602. The summed E-state index contributed by atoms with van der Waals surface area (Å²) in [7, 11) is 0. The maximum Gasteiger partial charge on any atom is 0.337 e. The molecule has 114 valence electrons. The van der Waals surface area contributed by atoms with Crippen LogP contribution in [0.3, 0.4) is 0 Å². The van der Waals surface area contributed by atoms with Crippen LogP contribution in [-0.2, 0) is 0 Å². The summed E-state index contributed by atoms with van der Waals surface area (Å²) in [6, 6.07) is 2.90. The van der Waals surface area contributed by atoms with E-state index in [0.717, 1.165) is 6.42 Å². The van der Waals surface area contributed by atoms with Crippen molar-refractivity contribution in [2.24, 2.45) is 5.41 Å². The van der Waals surface area contributed by atoms with E-state index < -0.39 is 5.97 Å². The molecule has 0 unspecified atom stereocenters. The summed E-state index contributed by atoms with van der Waals surface area (Å²) in [5.41, 5.74) is 0.424. The number of urea groups is 1. The first kappa shape index (κ1) is 16.3. The van der Waals surface area contributed by atoms with Crippen LogP contribution in [0.25, 0.3) is 0 Å². The Hall–Kier alpha value is -1.08. The fourth-order valence-electron chi connectivity index (χ4n) is 2.34. The number of rotatable bonds is 2. The van der Waals surface area contributed by atoms with Crippen LogP contribution in [0.1, 0.15) is 30.6 Å². The van der Waals surface area contributed by atoms with Gasteiger partial charge in [-0.1, -0.05) is 29.8 Å². The van der Waals surface area contributed by atoms with Gasteiger partial charge in [0.05, 0.1) is 11.3 Å². The summed E-state index contributed by atoms with van der Waals surface area (Å²) >= 11 is 6.55. The highest BCUT2D eigenvalue weighted by Gasteiger charge is 2.32. The fraction of sp³-hybridized carbons (Fsp3) is 0.429. The van der Waals surface area contributed by atoms with Gasteiger partial charge >= 0.3 is 12.0 Å². The Balaban J connectivity index is 2.24. The third kappa shape index (κ3) is 3.77. The number of carbonyl (C=O) groups excluding carboxylic acids is 1. The molecule has 1 aromatic rings. The van der Waals surface area contributed by atoms with Gasteiger partial charge in [0.1, 0.15) is 0 Å². The molecular formula is C14H16Br2N2O3. The molecule has 0 atom stereocenters. The van der Waals surface area contributed by atoms with Crippen molar-refractivity contribution >= 4 is 49.5 Å². The molecule has 1 fully saturated rings. The number of carbonyl (C=O) groups is 2. The van der Waals surface area contributed by atoms with Crippen molar-refractivity contribution in [1.29, 1.82) is 0 Å². The van der Waals surface area contributed by atoms with E-state index in [-0.39, 0.29) is 22.7 Å². The number of hydrogen-bond acceptors (Lipinski definition) is 2. The number of carboxylic acids is 1. The van der Waals surface area contributed by atoms with Crippen LogP contribution in [0.15, 0.2) is 21.1 Å². The van der Waals surface area contributed by atoms with E-state index >= 15 is 0 Å². The topological polar surface area (TPSA) is 69.6 Å². The molecule has 7 heteroatoms. The van der Waals surface area contributed by atoms with Crippen LogP contribution in [0, 0.1) is 5.41 Å². The minimum Gasteiger partial charge on any atom is -0.478 e. The standard InChI is InChI=1S/C14H16Br2N2O3/c1-14(2)3-4-18(7-14)13(21)17-11-9(12(19)20)5-8(15)6-10(11)16/h5-6H,3-4,7H2,1-2H3,(H,17,21)(H,19,20). The van der Waals surface area contributed by atoms with E-state index in [2.05, 4.69) is 51.0 Å². The Labute approximate surface area is 140 Å². The third-order valence-electron chi connectivity index (χ3n) is 3.48. The number of amides is 2. The summed E-state index contributed by atoms with van der Waals surface area (Å²) in [6.07, 6.45) is 0.938. The van der Waals surface area contributed by atoms with E-state index in [1.165, 1.54) is 6.07 Å². The molecule has 0 bridgehead atoms. The number of likely N-dealkylation sites (tertiary alicyclic amines) is 1. The Morgan fingerprint density at radius 3 is 2.52 bits per heavy atom. The van der Waals surface area contributed by atoms with Gasteiger partial charge in [0.25, 0.3) is 0 Å². The summed E-state index contributed by atoms with van der Waals surface area (Å²) < 4.78 is 1.16. The minimum atomic E-state index is -1.09. The molecule has 1 aromatic carbocycles. The Morgan fingerprint density at radius 1 is 1.33 bits per heavy atom. The molecule has 0 radical (unpaired) electrons. The molecule has 2 rings (SSSR count). The first-order valence-electron chi connectivity index (χ1n) is 6.48. The SMILES string of the molecule is CC1(C)CCN(C(=O)Nc2c(Br)cc(Br)cc2C(=O)O)C1. The first-order chi connectivity index (χ1) is 9.69. The summed E-state index contributed by atoms with van der Waals surface area (Å²) in [6.45, 7) is 5.56. The van der Waals surface area contributed by atoms with Gasteiger partial charge in [0, 0.05) is 22.0 Å². The van der Waals surface area contributed by atoms with Crippen LogP contribution in [0.4, 0.5) is 10.5 Å². The molecule has 1 heterocycles. The van der Waals surface area contributed by atoms with Crippen molar-refractivity contribution in [2.75, 3.05) is 18.4 Å². The van der Waals surface area contributed by atoms with E-state index in [4.69, 9.17) is 0 Å². The van der Waals surface area contributed by atoms with Crippen molar-refractivity contribution in [1.82, 2.24) is 4.90 Å². The highest BCUT2D eigenvalue weighted by molar-refractivity contribution is 9.11. The highest BCUT2D eigenvalue weighted by Crippen LogP contribution is 2.33. The second-order valence-corrected chi connectivity index (χ2v) is 7.65. The molecule has 21 heavy (non-hydrogen) atoms. The molecule has 1 aliphatic heterocycles. The zero-order chi connectivity index (χ0) is 15.8. The van der Waals surface area contributed by atoms with Gasteiger partial charge in [-0.25, -0.2) is 9.59 Å². The molecule has 0 saturated carbocycles. The quantitative estimate of drug-likeness (QED) is 0.755. The monoisotopic (exact) mass is 418 g/mol. The molecule has 1 saturated heterocycles. The number of nitrogens with one attached hydrogen (secondary N) is 1. The molecule has 2 N–H and O–H groups in total. The predicted octanol–water partition coefficient (Wildman–Crippen LogP) is 4.17. The number of aromatic carboxylic acids is 1. The summed E-state index contributed by atoms with van der Waals surface area (Å²) in [4.78, 5) is 25.3. The zero-order valence-electron chi connectivity index (χ0n) is 11.7. The average Bonchev–Trinajstić information content (AvgIpc) is 2.72. The van der Waals surface area contributed by atoms with E-state index in [9.17, 15) is 14.7 Å². The Morgan fingerprint density at radius 2 is 2.00 bits per heavy atom. The lowest BCUT2D eigenvalue weighted by atomic mass is 9.93. The van der Waals surface area contributed by atoms with E-state index in [1.807, 2.05) is 0 Å². The van der Waals surface area contributed by atoms with Crippen LogP contribution in [0.2, 0.25) is 0 Å². The van der Waals surface area contributed by atoms with Gasteiger partial charge in [0.15, 0.2) is 0 Å². The smallest absolute Gasteiger partial charge is 0.337 e. The van der Waals surface area contributed by atoms with Crippen molar-refractivity contribution in [2.45, 2.75) is 20.3 Å². The lowest BCUT2D eigenvalue weighted by Crippen LogP contribution is -2.34. The van der Waals surface area contributed by atoms with Gasteiger partial charge < -0.3 is 15.3 Å². The van der Waals surface area contributed by atoms with Crippen LogP contribution in [-0.4, -0.2) is 35.1 Å². The summed E-state index contributed by atoms with van der Waals surface area (Å²) in [5.74, 6) is -1.09. The second kappa shape index (κ2) is 5.96. The van der Waals surface area contributed by atoms with Gasteiger partial charge in [-0.15, -0.1) is 0 Å². The lowest BCUT2D eigenvalue weighted by Gasteiger charge is -2.21. The molecule has 1 aliphatic rings. The number of halogens is 2. The molecular weight excluding hydrogens is 404 g/mol. The number of anilines is 1. The first-order valence-corrected chi connectivity index (χ1v) is 8.06. The minimum absolute atomic E-state index is 0.0445. The average molecular weight is 420 g/mol. The molecule has 5 nitrogen and oxygen atoms in total. The normalized spacial score (nSPS) is 16.9. The van der Waals surface area contributed by atoms with Gasteiger partial charge in [-0.05, 0) is 39.9 Å². The predicted molar refractivity (Wildman–Crippen MR) is 87.8 cm³/mol. The van der Waals surface area contributed by atoms with Crippen LogP contribution >= 0.6 is 31.9 Å². The maximum atomic E-state index is 12.3. The Kier molecular flexibility index (Phi) is 4.63. The van der Waals surface area contributed by atoms with E-state index in [0.29, 0.717) is 22.0 Å². The van der Waals surface area contributed by atoms with Crippen LogP contribution in [0.5, 0.6) is 0 Å². The molecule has 0 aromatic heterocycles. The second-order valence-electron chi connectivity index (χ2n) is 5.88. The largest absolute Gasteiger partial charge is 0.478 e. The van der Waals surface area contributed by atoms with Crippen molar-refractivity contribution in [3.8, 4) is 0 Å². The lowest BCUT2D eigenvalue weighted by molar-refractivity contribution is 0.0698. The third-order valence-corrected chi connectivity index (χ3v) is 4.57. The van der Waals surface area contributed by atoms with Gasteiger partial charge in [-0.2, -0.15) is 0 Å².